The minimum absolute atomic E-state index is 0.0707. The number of hydrogen-bond acceptors (Lipinski definition) is 3. The number of nitrogens with one attached hydrogen (secondary N) is 1. The van der Waals surface area contributed by atoms with E-state index in [9.17, 15) is 10.0 Å². The van der Waals surface area contributed by atoms with E-state index in [1.165, 1.54) is 12.3 Å². The Bertz CT molecular complexity index is 666. The first-order valence-electron chi connectivity index (χ1n) is 7.32. The largest absolute Gasteiger partial charge is 0.618 e. The Labute approximate surface area is 129 Å². The van der Waals surface area contributed by atoms with Gasteiger partial charge < -0.3 is 15.3 Å². The van der Waals surface area contributed by atoms with E-state index in [1.807, 2.05) is 24.3 Å². The van der Waals surface area contributed by atoms with Crippen LogP contribution in [0.3, 0.4) is 0 Å². The van der Waals surface area contributed by atoms with Gasteiger partial charge in [-0.15, -0.1) is 0 Å². The molecule has 1 aromatic heterocycles. The first-order valence-corrected chi connectivity index (χ1v) is 7.32. The fourth-order valence-electron chi connectivity index (χ4n) is 2.53. The van der Waals surface area contributed by atoms with Crippen molar-refractivity contribution in [3.63, 3.8) is 0 Å². The second-order valence-corrected chi connectivity index (χ2v) is 5.47. The Morgan fingerprint density at radius 1 is 1.27 bits per heavy atom. The topological polar surface area (TPSA) is 65.3 Å². The van der Waals surface area contributed by atoms with Gasteiger partial charge in [-0.05, 0) is 42.5 Å². The molecule has 0 unspecified atom stereocenters. The Hall–Kier alpha value is -2.56. The number of aromatic nitrogens is 1. The zero-order valence-electron chi connectivity index (χ0n) is 12.4. The smallest absolute Gasteiger partial charge is 0.317 e. The predicted molar refractivity (Wildman–Crippen MR) is 81.3 cm³/mol. The van der Waals surface area contributed by atoms with Gasteiger partial charge in [0.25, 0.3) is 5.69 Å². The molecule has 1 aromatic carbocycles. The normalized spacial score (nSPS) is 15.1. The number of methoxy groups -OCH3 is 1. The van der Waals surface area contributed by atoms with Gasteiger partial charge in [0.2, 0.25) is 0 Å². The standard InChI is InChI=1S/C17H18N2O3/c1-22-14-9-7-13(8-10-14)16(12-5-6-12)18-17(20)15-4-2-3-11-19(15)21/h2-4,7-12,16H,5-6H2,1H3,(H,18,20)/t16-/m0/s1. The van der Waals surface area contributed by atoms with Crippen molar-refractivity contribution in [2.24, 2.45) is 5.92 Å². The summed E-state index contributed by atoms with van der Waals surface area (Å²) in [6.07, 6.45) is 3.50. The third-order valence-corrected chi connectivity index (χ3v) is 3.91. The van der Waals surface area contributed by atoms with Gasteiger partial charge in [-0.25, -0.2) is 0 Å². The number of hydrogen-bond donors (Lipinski definition) is 1. The number of nitrogens with zero attached hydrogens (tertiary/aromatic N) is 1. The SMILES string of the molecule is COc1ccc([C@@H](NC(=O)c2cccc[n+]2[O-])C2CC2)cc1. The lowest BCUT2D eigenvalue weighted by molar-refractivity contribution is -0.607. The van der Waals surface area contributed by atoms with Gasteiger partial charge in [0.1, 0.15) is 5.75 Å². The number of benzene rings is 1. The summed E-state index contributed by atoms with van der Waals surface area (Å²) >= 11 is 0. The monoisotopic (exact) mass is 298 g/mol. The van der Waals surface area contributed by atoms with Crippen LogP contribution in [0.4, 0.5) is 0 Å². The molecule has 22 heavy (non-hydrogen) atoms. The van der Waals surface area contributed by atoms with E-state index in [2.05, 4.69) is 5.32 Å². The van der Waals surface area contributed by atoms with E-state index >= 15 is 0 Å². The molecule has 1 atom stereocenters. The van der Waals surface area contributed by atoms with Gasteiger partial charge in [-0.3, -0.25) is 4.79 Å². The molecule has 1 heterocycles. The number of rotatable bonds is 5. The molecule has 0 bridgehead atoms. The maximum absolute atomic E-state index is 12.3. The molecular weight excluding hydrogens is 280 g/mol. The van der Waals surface area contributed by atoms with Gasteiger partial charge in [0, 0.05) is 12.1 Å². The predicted octanol–water partition coefficient (Wildman–Crippen LogP) is 2.21. The first kappa shape index (κ1) is 14.4. The first-order chi connectivity index (χ1) is 10.7. The molecule has 2 aromatic rings. The molecule has 5 heteroatoms. The quantitative estimate of drug-likeness (QED) is 0.680. The number of carbonyl (C=O) groups is 1. The summed E-state index contributed by atoms with van der Waals surface area (Å²) < 4.78 is 5.75. The molecule has 114 valence electrons. The summed E-state index contributed by atoms with van der Waals surface area (Å²) in [4.78, 5) is 12.3. The van der Waals surface area contributed by atoms with Crippen molar-refractivity contribution in [2.45, 2.75) is 18.9 Å². The van der Waals surface area contributed by atoms with Gasteiger partial charge in [0.15, 0.2) is 6.20 Å². The van der Waals surface area contributed by atoms with Crippen LogP contribution >= 0.6 is 0 Å². The minimum atomic E-state index is -0.344. The van der Waals surface area contributed by atoms with Crippen LogP contribution < -0.4 is 14.8 Å². The Morgan fingerprint density at radius 2 is 2.00 bits per heavy atom. The van der Waals surface area contributed by atoms with Gasteiger partial charge >= 0.3 is 5.91 Å². The molecule has 1 fully saturated rings. The lowest BCUT2D eigenvalue weighted by Crippen LogP contribution is -2.40. The van der Waals surface area contributed by atoms with Gasteiger partial charge in [-0.1, -0.05) is 12.1 Å². The van der Waals surface area contributed by atoms with Crippen molar-refractivity contribution < 1.29 is 14.3 Å². The summed E-state index contributed by atoms with van der Waals surface area (Å²) in [7, 11) is 1.62. The average molecular weight is 298 g/mol. The third kappa shape index (κ3) is 3.03. The van der Waals surface area contributed by atoms with Crippen molar-refractivity contribution in [3.05, 3.63) is 65.1 Å². The maximum atomic E-state index is 12.3. The molecule has 1 amide bonds. The highest BCUT2D eigenvalue weighted by atomic mass is 16.5. The van der Waals surface area contributed by atoms with Gasteiger partial charge in [-0.2, -0.15) is 4.73 Å². The third-order valence-electron chi connectivity index (χ3n) is 3.91. The molecule has 0 radical (unpaired) electrons. The molecule has 1 aliphatic rings. The molecule has 0 aliphatic heterocycles. The Balaban J connectivity index is 1.80. The van der Waals surface area contributed by atoms with E-state index < -0.39 is 0 Å². The van der Waals surface area contributed by atoms with Crippen LogP contribution in [0.1, 0.15) is 34.9 Å². The van der Waals surface area contributed by atoms with Crippen LogP contribution in [0.25, 0.3) is 0 Å². The van der Waals surface area contributed by atoms with E-state index in [0.717, 1.165) is 24.2 Å². The van der Waals surface area contributed by atoms with Crippen molar-refractivity contribution in [1.82, 2.24) is 5.32 Å². The summed E-state index contributed by atoms with van der Waals surface area (Å²) in [6.45, 7) is 0. The van der Waals surface area contributed by atoms with Crippen molar-refractivity contribution >= 4 is 5.91 Å². The Morgan fingerprint density at radius 3 is 2.59 bits per heavy atom. The average Bonchev–Trinajstić information content (AvgIpc) is 3.38. The summed E-state index contributed by atoms with van der Waals surface area (Å²) in [5.41, 5.74) is 1.15. The molecule has 5 nitrogen and oxygen atoms in total. The van der Waals surface area contributed by atoms with Crippen LogP contribution in [-0.4, -0.2) is 13.0 Å². The van der Waals surface area contributed by atoms with Crippen molar-refractivity contribution in [1.29, 1.82) is 0 Å². The van der Waals surface area contributed by atoms with E-state index in [-0.39, 0.29) is 17.6 Å². The van der Waals surface area contributed by atoms with Crippen molar-refractivity contribution in [2.75, 3.05) is 7.11 Å². The Kier molecular flexibility index (Phi) is 3.96. The number of pyridine rings is 1. The number of amides is 1. The lowest BCUT2D eigenvalue weighted by Gasteiger charge is -2.18. The lowest BCUT2D eigenvalue weighted by atomic mass is 10.0. The highest BCUT2D eigenvalue weighted by Crippen LogP contribution is 2.41. The number of carbonyl (C=O) groups excluding carboxylic acids is 1. The molecular formula is C17H18N2O3. The molecule has 0 saturated heterocycles. The zero-order valence-corrected chi connectivity index (χ0v) is 12.4. The minimum Gasteiger partial charge on any atom is -0.618 e. The number of ether oxygens (including phenoxy) is 1. The van der Waals surface area contributed by atoms with Crippen LogP contribution in [0.5, 0.6) is 5.75 Å². The highest BCUT2D eigenvalue weighted by Gasteiger charge is 2.34. The molecule has 3 rings (SSSR count). The fourth-order valence-corrected chi connectivity index (χ4v) is 2.53. The zero-order chi connectivity index (χ0) is 15.5. The van der Waals surface area contributed by atoms with E-state index in [1.54, 1.807) is 19.2 Å². The van der Waals surface area contributed by atoms with E-state index in [0.29, 0.717) is 10.6 Å². The molecule has 1 N–H and O–H groups in total. The second kappa shape index (κ2) is 6.05. The van der Waals surface area contributed by atoms with E-state index in [4.69, 9.17) is 4.74 Å². The van der Waals surface area contributed by atoms with Crippen LogP contribution in [0.15, 0.2) is 48.7 Å². The summed E-state index contributed by atoms with van der Waals surface area (Å²) in [6, 6.07) is 12.4. The van der Waals surface area contributed by atoms with Crippen LogP contribution in [-0.2, 0) is 0 Å². The van der Waals surface area contributed by atoms with Crippen LogP contribution in [0.2, 0.25) is 0 Å². The highest BCUT2D eigenvalue weighted by molar-refractivity contribution is 5.91. The van der Waals surface area contributed by atoms with Gasteiger partial charge in [0.05, 0.1) is 13.2 Å². The molecule has 1 saturated carbocycles. The molecule has 1 aliphatic carbocycles. The second-order valence-electron chi connectivity index (χ2n) is 5.47. The molecule has 0 spiro atoms. The summed E-state index contributed by atoms with van der Waals surface area (Å²) in [5.74, 6) is 0.870. The summed E-state index contributed by atoms with van der Waals surface area (Å²) in [5, 5.41) is 14.7. The van der Waals surface area contributed by atoms with Crippen LogP contribution in [0, 0.1) is 11.1 Å². The van der Waals surface area contributed by atoms with Crippen molar-refractivity contribution in [3.8, 4) is 5.75 Å². The maximum Gasteiger partial charge on any atom is 0.317 e. The fraction of sp³-hybridized carbons (Fsp3) is 0.294.